The van der Waals surface area contributed by atoms with Crippen LogP contribution in [0, 0.1) is 0 Å². The van der Waals surface area contributed by atoms with Gasteiger partial charge in [-0.2, -0.15) is 4.98 Å². The van der Waals surface area contributed by atoms with Crippen molar-refractivity contribution >= 4 is 44.8 Å². The summed E-state index contributed by atoms with van der Waals surface area (Å²) in [6.45, 7) is 0. The molecule has 0 bridgehead atoms. The highest BCUT2D eigenvalue weighted by molar-refractivity contribution is 9.10. The van der Waals surface area contributed by atoms with Crippen LogP contribution in [-0.4, -0.2) is 23.0 Å². The number of carbonyl (C=O) groups is 1. The Morgan fingerprint density at radius 2 is 2.00 bits per heavy atom. The monoisotopic (exact) mass is 449 g/mol. The fourth-order valence-electron chi connectivity index (χ4n) is 2.77. The molecule has 2 aromatic carbocycles. The summed E-state index contributed by atoms with van der Waals surface area (Å²) in [5.41, 5.74) is 3.46. The lowest BCUT2D eigenvalue weighted by atomic mass is 10.2. The summed E-state index contributed by atoms with van der Waals surface area (Å²) in [7, 11) is 1.59. The Labute approximate surface area is 175 Å². The van der Waals surface area contributed by atoms with Gasteiger partial charge in [-0.1, -0.05) is 15.9 Å². The maximum Gasteiger partial charge on any atom is 0.248 e. The average Bonchev–Trinajstić information content (AvgIpc) is 3.17. The number of ether oxygens (including phenoxy) is 1. The third-order valence-electron chi connectivity index (χ3n) is 4.17. The third kappa shape index (κ3) is 4.35. The number of hydrogen-bond donors (Lipinski definition) is 1. The number of nitrogens with zero attached hydrogens (tertiary/aromatic N) is 2. The molecule has 0 spiro atoms. The van der Waals surface area contributed by atoms with E-state index in [1.165, 1.54) is 6.08 Å². The largest absolute Gasteiger partial charge is 0.496 e. The van der Waals surface area contributed by atoms with Gasteiger partial charge in [-0.3, -0.25) is 4.79 Å². The number of anilines is 1. The molecule has 0 radical (unpaired) electrons. The molecular formula is C22H16BrN3O3. The highest BCUT2D eigenvalue weighted by Gasteiger charge is 2.09. The number of halogens is 1. The molecule has 144 valence electrons. The molecule has 1 amide bonds. The van der Waals surface area contributed by atoms with Crippen molar-refractivity contribution < 1.29 is 13.9 Å². The number of fused-ring (bicyclic) bond motifs is 1. The van der Waals surface area contributed by atoms with Gasteiger partial charge in [0.1, 0.15) is 5.75 Å². The quantitative estimate of drug-likeness (QED) is 0.417. The Hall–Kier alpha value is -3.45. The lowest BCUT2D eigenvalue weighted by molar-refractivity contribution is -0.111. The van der Waals surface area contributed by atoms with Crippen molar-refractivity contribution in [2.45, 2.75) is 0 Å². The van der Waals surface area contributed by atoms with Gasteiger partial charge in [-0.05, 0) is 60.7 Å². The van der Waals surface area contributed by atoms with Crippen molar-refractivity contribution in [3.63, 3.8) is 0 Å². The van der Waals surface area contributed by atoms with Gasteiger partial charge < -0.3 is 14.5 Å². The Kier molecular flexibility index (Phi) is 5.39. The van der Waals surface area contributed by atoms with Gasteiger partial charge in [0.05, 0.1) is 7.11 Å². The Morgan fingerprint density at radius 3 is 2.76 bits per heavy atom. The maximum atomic E-state index is 12.3. The number of amides is 1. The second-order valence-electron chi connectivity index (χ2n) is 6.13. The lowest BCUT2D eigenvalue weighted by Crippen LogP contribution is -2.07. The summed E-state index contributed by atoms with van der Waals surface area (Å²) in [5, 5.41) is 2.83. The van der Waals surface area contributed by atoms with Crippen molar-refractivity contribution in [1.29, 1.82) is 0 Å². The van der Waals surface area contributed by atoms with Crippen LogP contribution >= 0.6 is 15.9 Å². The number of nitrogens with one attached hydrogen (secondary N) is 1. The molecular weight excluding hydrogens is 434 g/mol. The van der Waals surface area contributed by atoms with E-state index in [9.17, 15) is 4.79 Å². The van der Waals surface area contributed by atoms with Crippen molar-refractivity contribution in [3.8, 4) is 17.2 Å². The molecule has 0 saturated carbocycles. The average molecular weight is 450 g/mol. The fourth-order valence-corrected chi connectivity index (χ4v) is 3.15. The van der Waals surface area contributed by atoms with E-state index in [1.54, 1.807) is 37.6 Å². The maximum absolute atomic E-state index is 12.3. The van der Waals surface area contributed by atoms with E-state index in [2.05, 4.69) is 31.2 Å². The van der Waals surface area contributed by atoms with Gasteiger partial charge >= 0.3 is 0 Å². The number of oxazole rings is 1. The van der Waals surface area contributed by atoms with Crippen LogP contribution in [0.5, 0.6) is 5.75 Å². The van der Waals surface area contributed by atoms with Crippen LogP contribution in [-0.2, 0) is 4.79 Å². The number of pyridine rings is 1. The van der Waals surface area contributed by atoms with E-state index in [0.717, 1.165) is 15.6 Å². The van der Waals surface area contributed by atoms with Crippen molar-refractivity contribution in [2.75, 3.05) is 12.4 Å². The predicted octanol–water partition coefficient (Wildman–Crippen LogP) is 5.31. The summed E-state index contributed by atoms with van der Waals surface area (Å²) in [5.74, 6) is 0.929. The zero-order valence-corrected chi connectivity index (χ0v) is 17.0. The Bertz CT molecular complexity index is 1170. The fraction of sp³-hybridized carbons (Fsp3) is 0.0455. The number of carbonyl (C=O) groups excluding carboxylic acids is 1. The van der Waals surface area contributed by atoms with Crippen LogP contribution in [0.25, 0.3) is 28.8 Å². The Balaban J connectivity index is 1.46. The van der Waals surface area contributed by atoms with Crippen molar-refractivity contribution in [3.05, 3.63) is 76.9 Å². The van der Waals surface area contributed by atoms with E-state index in [4.69, 9.17) is 9.15 Å². The molecule has 4 rings (SSSR count). The standard InChI is InChI=1S/C22H16BrN3O3/c1-28-18-10-7-16(23)13-15(18)6-11-20(27)25-17-8-4-14(5-9-17)22-26-21-19(29-22)3-2-12-24-21/h2-13H,1H3,(H,25,27)/b11-6+. The highest BCUT2D eigenvalue weighted by Crippen LogP contribution is 2.25. The first kappa shape index (κ1) is 18.9. The zero-order valence-electron chi connectivity index (χ0n) is 15.4. The van der Waals surface area contributed by atoms with Gasteiger partial charge in [-0.15, -0.1) is 0 Å². The highest BCUT2D eigenvalue weighted by atomic mass is 79.9. The summed E-state index contributed by atoms with van der Waals surface area (Å²) >= 11 is 3.42. The Morgan fingerprint density at radius 1 is 1.17 bits per heavy atom. The van der Waals surface area contributed by atoms with Gasteiger partial charge in [0.2, 0.25) is 11.8 Å². The summed E-state index contributed by atoms with van der Waals surface area (Å²) in [4.78, 5) is 20.8. The molecule has 0 saturated heterocycles. The molecule has 0 aliphatic carbocycles. The molecule has 2 heterocycles. The van der Waals surface area contributed by atoms with E-state index in [0.29, 0.717) is 28.6 Å². The van der Waals surface area contributed by atoms with E-state index >= 15 is 0 Å². The first-order valence-corrected chi connectivity index (χ1v) is 9.56. The van der Waals surface area contributed by atoms with Crippen LogP contribution in [0.4, 0.5) is 5.69 Å². The van der Waals surface area contributed by atoms with Crippen LogP contribution in [0.1, 0.15) is 5.56 Å². The number of rotatable bonds is 5. The number of methoxy groups -OCH3 is 1. The topological polar surface area (TPSA) is 77.2 Å². The molecule has 2 aromatic heterocycles. The molecule has 0 aliphatic heterocycles. The molecule has 4 aromatic rings. The van der Waals surface area contributed by atoms with Gasteiger partial charge in [-0.25, -0.2) is 4.98 Å². The predicted molar refractivity (Wildman–Crippen MR) is 116 cm³/mol. The minimum Gasteiger partial charge on any atom is -0.496 e. The number of aromatic nitrogens is 2. The molecule has 6 nitrogen and oxygen atoms in total. The second-order valence-corrected chi connectivity index (χ2v) is 7.05. The lowest BCUT2D eigenvalue weighted by Gasteiger charge is -2.05. The van der Waals surface area contributed by atoms with Gasteiger partial charge in [0.15, 0.2) is 11.2 Å². The molecule has 1 N–H and O–H groups in total. The van der Waals surface area contributed by atoms with Crippen LogP contribution in [0.2, 0.25) is 0 Å². The molecule has 29 heavy (non-hydrogen) atoms. The minimum absolute atomic E-state index is 0.245. The summed E-state index contributed by atoms with van der Waals surface area (Å²) in [6, 6.07) is 16.5. The molecule has 0 aliphatic rings. The first-order chi connectivity index (χ1) is 14.1. The molecule has 7 heteroatoms. The van der Waals surface area contributed by atoms with Crippen LogP contribution in [0.3, 0.4) is 0 Å². The summed E-state index contributed by atoms with van der Waals surface area (Å²) < 4.78 is 11.9. The van der Waals surface area contributed by atoms with Gasteiger partial charge in [0.25, 0.3) is 0 Å². The summed E-state index contributed by atoms with van der Waals surface area (Å²) in [6.07, 6.45) is 4.84. The van der Waals surface area contributed by atoms with E-state index in [-0.39, 0.29) is 5.91 Å². The molecule has 0 fully saturated rings. The first-order valence-electron chi connectivity index (χ1n) is 8.77. The number of benzene rings is 2. The van der Waals surface area contributed by atoms with Crippen molar-refractivity contribution in [1.82, 2.24) is 9.97 Å². The number of hydrogen-bond acceptors (Lipinski definition) is 5. The second kappa shape index (κ2) is 8.28. The van der Waals surface area contributed by atoms with Gasteiger partial charge in [0, 0.05) is 33.6 Å². The zero-order chi connectivity index (χ0) is 20.2. The molecule has 0 unspecified atom stereocenters. The smallest absolute Gasteiger partial charge is 0.248 e. The van der Waals surface area contributed by atoms with E-state index < -0.39 is 0 Å². The van der Waals surface area contributed by atoms with Crippen LogP contribution < -0.4 is 10.1 Å². The van der Waals surface area contributed by atoms with Crippen LogP contribution in [0.15, 0.2) is 75.8 Å². The van der Waals surface area contributed by atoms with E-state index in [1.807, 2.05) is 36.4 Å². The van der Waals surface area contributed by atoms with Crippen molar-refractivity contribution in [2.24, 2.45) is 0 Å². The normalized spacial score (nSPS) is 11.1. The molecule has 0 atom stereocenters. The minimum atomic E-state index is -0.245. The third-order valence-corrected chi connectivity index (χ3v) is 4.66. The SMILES string of the molecule is COc1ccc(Br)cc1/C=C/C(=O)Nc1ccc(-c2nc3ncccc3o2)cc1.